The molecule has 1 aromatic heterocycles. The molecule has 1 aliphatic heterocycles. The molecular weight excluding hydrogens is 436 g/mol. The van der Waals surface area contributed by atoms with Gasteiger partial charge in [-0.15, -0.1) is 11.3 Å². The first-order chi connectivity index (χ1) is 15.3. The number of hydrogen-bond donors (Lipinski definition) is 0. The van der Waals surface area contributed by atoms with Crippen molar-refractivity contribution >= 4 is 45.6 Å². The van der Waals surface area contributed by atoms with Crippen LogP contribution in [0.25, 0.3) is 0 Å². The quantitative estimate of drug-likeness (QED) is 0.318. The molecule has 2 aromatic carbocycles. The number of carbonyl (C=O) groups excluding carboxylic acids is 3. The van der Waals surface area contributed by atoms with E-state index in [1.165, 1.54) is 42.4 Å². The highest BCUT2D eigenvalue weighted by molar-refractivity contribution is 7.14. The van der Waals surface area contributed by atoms with Crippen LogP contribution in [0.5, 0.6) is 5.75 Å². The van der Waals surface area contributed by atoms with Crippen molar-refractivity contribution in [1.29, 1.82) is 0 Å². The zero-order chi connectivity index (χ0) is 23.0. The SMILES string of the molecule is COc1ccccc1N(C(C)=O)c1nc(CN2C(=O)c3ccc([N+](=O)[O-])cc3C2=O)cs1. The summed E-state index contributed by atoms with van der Waals surface area (Å²) in [6.45, 7) is 1.26. The van der Waals surface area contributed by atoms with E-state index in [0.717, 1.165) is 11.0 Å². The van der Waals surface area contributed by atoms with Gasteiger partial charge in [0.25, 0.3) is 17.5 Å². The van der Waals surface area contributed by atoms with Gasteiger partial charge in [0.15, 0.2) is 5.13 Å². The topological polar surface area (TPSA) is 123 Å². The zero-order valence-electron chi connectivity index (χ0n) is 17.0. The molecule has 0 spiro atoms. The van der Waals surface area contributed by atoms with Crippen LogP contribution in [0.15, 0.2) is 47.8 Å². The Morgan fingerprint density at radius 1 is 1.19 bits per heavy atom. The van der Waals surface area contributed by atoms with Gasteiger partial charge in [-0.25, -0.2) is 4.98 Å². The fourth-order valence-corrected chi connectivity index (χ4v) is 4.26. The maximum atomic E-state index is 12.7. The zero-order valence-corrected chi connectivity index (χ0v) is 17.8. The minimum Gasteiger partial charge on any atom is -0.495 e. The molecule has 32 heavy (non-hydrogen) atoms. The second-order valence-electron chi connectivity index (χ2n) is 6.83. The van der Waals surface area contributed by atoms with Crippen molar-refractivity contribution in [3.05, 3.63) is 74.8 Å². The van der Waals surface area contributed by atoms with Crippen molar-refractivity contribution in [3.63, 3.8) is 0 Å². The first-order valence-corrected chi connectivity index (χ1v) is 10.2. The average Bonchev–Trinajstić information content (AvgIpc) is 3.32. The minimum atomic E-state index is -0.628. The maximum absolute atomic E-state index is 12.7. The van der Waals surface area contributed by atoms with E-state index in [4.69, 9.17) is 4.74 Å². The van der Waals surface area contributed by atoms with Crippen LogP contribution in [-0.2, 0) is 11.3 Å². The summed E-state index contributed by atoms with van der Waals surface area (Å²) in [6.07, 6.45) is 0. The molecule has 4 rings (SSSR count). The molecule has 11 heteroatoms. The Kier molecular flexibility index (Phi) is 5.41. The second-order valence-corrected chi connectivity index (χ2v) is 7.67. The summed E-state index contributed by atoms with van der Waals surface area (Å²) >= 11 is 1.18. The smallest absolute Gasteiger partial charge is 0.270 e. The third-order valence-corrected chi connectivity index (χ3v) is 5.73. The van der Waals surface area contributed by atoms with Gasteiger partial charge in [-0.05, 0) is 18.2 Å². The Labute approximate surface area is 185 Å². The Bertz CT molecular complexity index is 1270. The Hall–Kier alpha value is -4.12. The average molecular weight is 452 g/mol. The molecule has 162 valence electrons. The van der Waals surface area contributed by atoms with Crippen LogP contribution < -0.4 is 9.64 Å². The van der Waals surface area contributed by atoms with Crippen LogP contribution in [0, 0.1) is 10.1 Å². The molecule has 0 saturated heterocycles. The molecule has 0 radical (unpaired) electrons. The number of non-ortho nitro benzene ring substituents is 1. The lowest BCUT2D eigenvalue weighted by Crippen LogP contribution is -2.29. The van der Waals surface area contributed by atoms with Gasteiger partial charge in [-0.1, -0.05) is 12.1 Å². The van der Waals surface area contributed by atoms with Gasteiger partial charge < -0.3 is 4.74 Å². The van der Waals surface area contributed by atoms with Crippen LogP contribution in [0.2, 0.25) is 0 Å². The van der Waals surface area contributed by atoms with E-state index in [1.807, 2.05) is 0 Å². The molecule has 0 atom stereocenters. The molecule has 0 N–H and O–H groups in total. The number of anilines is 2. The number of rotatable bonds is 6. The van der Waals surface area contributed by atoms with Crippen molar-refractivity contribution in [3.8, 4) is 5.75 Å². The molecule has 10 nitrogen and oxygen atoms in total. The van der Waals surface area contributed by atoms with E-state index < -0.39 is 16.7 Å². The molecule has 0 bridgehead atoms. The van der Waals surface area contributed by atoms with Crippen molar-refractivity contribution in [1.82, 2.24) is 9.88 Å². The molecule has 0 unspecified atom stereocenters. The van der Waals surface area contributed by atoms with E-state index >= 15 is 0 Å². The molecule has 3 aromatic rings. The fraction of sp³-hybridized carbons (Fsp3) is 0.143. The van der Waals surface area contributed by atoms with Crippen LogP contribution in [0.3, 0.4) is 0 Å². The number of ether oxygens (including phenoxy) is 1. The summed E-state index contributed by atoms with van der Waals surface area (Å²) in [7, 11) is 1.50. The Morgan fingerprint density at radius 2 is 1.91 bits per heavy atom. The summed E-state index contributed by atoms with van der Waals surface area (Å²) < 4.78 is 5.34. The molecule has 2 heterocycles. The van der Waals surface area contributed by atoms with Crippen LogP contribution in [0.1, 0.15) is 33.3 Å². The predicted molar refractivity (Wildman–Crippen MR) is 115 cm³/mol. The number of nitro benzene ring substituents is 1. The summed E-state index contributed by atoms with van der Waals surface area (Å²) in [5, 5.41) is 13.0. The number of hydrogen-bond acceptors (Lipinski definition) is 8. The first-order valence-electron chi connectivity index (χ1n) is 9.34. The number of fused-ring (bicyclic) bond motifs is 1. The van der Waals surface area contributed by atoms with Gasteiger partial charge in [0.2, 0.25) is 5.91 Å². The van der Waals surface area contributed by atoms with Crippen molar-refractivity contribution in [2.45, 2.75) is 13.5 Å². The van der Waals surface area contributed by atoms with Crippen LogP contribution in [-0.4, -0.2) is 39.6 Å². The number of aromatic nitrogens is 1. The standard InChI is InChI=1S/C21H16N4O6S/c1-12(26)24(17-5-3-4-6-18(17)31-2)21-22-13(11-32-21)10-23-19(27)15-8-7-14(25(29)30)9-16(15)20(23)28/h3-9,11H,10H2,1-2H3. The second kappa shape index (κ2) is 8.19. The molecule has 1 aliphatic rings. The van der Waals surface area contributed by atoms with E-state index in [-0.39, 0.29) is 29.3 Å². The summed E-state index contributed by atoms with van der Waals surface area (Å²) in [4.78, 5) is 54.9. The lowest BCUT2D eigenvalue weighted by molar-refractivity contribution is -0.384. The summed E-state index contributed by atoms with van der Waals surface area (Å²) in [5.74, 6) is -0.983. The van der Waals surface area contributed by atoms with Crippen molar-refractivity contribution in [2.24, 2.45) is 0 Å². The highest BCUT2D eigenvalue weighted by Gasteiger charge is 2.37. The predicted octanol–water partition coefficient (Wildman–Crippen LogP) is 3.54. The molecule has 0 fully saturated rings. The van der Waals surface area contributed by atoms with Gasteiger partial charge in [-0.2, -0.15) is 0 Å². The fourth-order valence-electron chi connectivity index (χ4n) is 3.39. The Morgan fingerprint density at radius 3 is 2.59 bits per heavy atom. The lowest BCUT2D eigenvalue weighted by atomic mass is 10.1. The van der Waals surface area contributed by atoms with E-state index in [9.17, 15) is 24.5 Å². The maximum Gasteiger partial charge on any atom is 0.270 e. The lowest BCUT2D eigenvalue weighted by Gasteiger charge is -2.20. The number of methoxy groups -OCH3 is 1. The summed E-state index contributed by atoms with van der Waals surface area (Å²) in [5.41, 5.74) is 0.734. The number of carbonyl (C=O) groups is 3. The third-order valence-electron chi connectivity index (χ3n) is 4.86. The number of benzene rings is 2. The van der Waals surface area contributed by atoms with Gasteiger partial charge in [0, 0.05) is 24.4 Å². The largest absolute Gasteiger partial charge is 0.495 e. The number of nitrogens with zero attached hydrogens (tertiary/aromatic N) is 4. The highest BCUT2D eigenvalue weighted by Crippen LogP contribution is 2.36. The number of para-hydroxylation sites is 2. The van der Waals surface area contributed by atoms with Gasteiger partial charge >= 0.3 is 0 Å². The van der Waals surface area contributed by atoms with Crippen LogP contribution in [0.4, 0.5) is 16.5 Å². The van der Waals surface area contributed by atoms with E-state index in [2.05, 4.69) is 4.98 Å². The first kappa shape index (κ1) is 21.1. The van der Waals surface area contributed by atoms with E-state index in [0.29, 0.717) is 22.3 Å². The van der Waals surface area contributed by atoms with Crippen molar-refractivity contribution in [2.75, 3.05) is 12.0 Å². The van der Waals surface area contributed by atoms with E-state index in [1.54, 1.807) is 29.6 Å². The number of thiazole rings is 1. The Balaban J connectivity index is 1.61. The van der Waals surface area contributed by atoms with Crippen molar-refractivity contribution < 1.29 is 24.0 Å². The minimum absolute atomic E-state index is 0.0148. The summed E-state index contributed by atoms with van der Waals surface area (Å²) in [6, 6.07) is 10.5. The molecule has 0 saturated carbocycles. The third kappa shape index (κ3) is 3.58. The number of amides is 3. The monoisotopic (exact) mass is 452 g/mol. The highest BCUT2D eigenvalue weighted by atomic mass is 32.1. The number of nitro groups is 1. The molecular formula is C21H16N4O6S. The van der Waals surface area contributed by atoms with Crippen LogP contribution >= 0.6 is 11.3 Å². The number of imide groups is 1. The molecule has 0 aliphatic carbocycles. The van der Waals surface area contributed by atoms with Gasteiger partial charge in [0.05, 0.1) is 41.1 Å². The molecule has 3 amide bonds. The normalized spacial score (nSPS) is 12.6. The van der Waals surface area contributed by atoms with Gasteiger partial charge in [0.1, 0.15) is 5.75 Å². The van der Waals surface area contributed by atoms with Gasteiger partial charge in [-0.3, -0.25) is 34.3 Å².